The van der Waals surface area contributed by atoms with Gasteiger partial charge in [0.2, 0.25) is 0 Å². The molecule has 0 aliphatic carbocycles. The number of rotatable bonds is 6. The zero-order valence-electron chi connectivity index (χ0n) is 22.4. The van der Waals surface area contributed by atoms with E-state index in [1.807, 2.05) is 67.9 Å². The molecule has 2 heterocycles. The highest BCUT2D eigenvalue weighted by Crippen LogP contribution is 2.38. The third-order valence-electron chi connectivity index (χ3n) is 6.07. The molecule has 1 atom stereocenters. The third kappa shape index (κ3) is 7.26. The van der Waals surface area contributed by atoms with Crippen LogP contribution in [-0.4, -0.2) is 42.3 Å². The van der Waals surface area contributed by atoms with Crippen LogP contribution < -0.4 is 5.32 Å². The van der Waals surface area contributed by atoms with E-state index in [4.69, 9.17) is 14.2 Å². The van der Waals surface area contributed by atoms with Crippen molar-refractivity contribution in [3.05, 3.63) is 93.7 Å². The number of carbonyl (C=O) groups excluding carboxylic acids is 3. The minimum Gasteiger partial charge on any atom is -0.465 e. The molecule has 2 aromatic carbocycles. The molecule has 3 aromatic rings. The summed E-state index contributed by atoms with van der Waals surface area (Å²) < 4.78 is 15.9. The zero-order valence-corrected chi connectivity index (χ0v) is 23.2. The fraction of sp³-hybridized carbons (Fsp3) is 0.300. The second-order valence-corrected chi connectivity index (χ2v) is 10.8. The lowest BCUT2D eigenvalue weighted by Crippen LogP contribution is -2.37. The standard InChI is InChI=1S/C30H32N2O6S/c1-30(2,3)38-28(34)31-25-19-39-18-24(25)23-14-15-32(29(35)37-17-20-8-6-5-7-9-20)26(16-23)21-10-12-22(13-11-21)27(33)36-4/h5-13,16,18-19,26H,14-15,17H2,1-4H3,(H,31,34)/t26-/m0/s1. The van der Waals surface area contributed by atoms with Gasteiger partial charge in [0.1, 0.15) is 12.2 Å². The Morgan fingerprint density at radius 2 is 1.74 bits per heavy atom. The second-order valence-electron chi connectivity index (χ2n) is 10.1. The van der Waals surface area contributed by atoms with Crippen molar-refractivity contribution >= 4 is 40.8 Å². The van der Waals surface area contributed by atoms with Gasteiger partial charge in [-0.05, 0) is 56.0 Å². The summed E-state index contributed by atoms with van der Waals surface area (Å²) in [5.41, 5.74) is 4.02. The summed E-state index contributed by atoms with van der Waals surface area (Å²) >= 11 is 1.47. The maximum atomic E-state index is 13.2. The molecular formula is C30H32N2O6S. The van der Waals surface area contributed by atoms with Gasteiger partial charge in [-0.25, -0.2) is 14.4 Å². The van der Waals surface area contributed by atoms with E-state index in [9.17, 15) is 14.4 Å². The number of nitrogens with one attached hydrogen (secondary N) is 1. The minimum atomic E-state index is -0.619. The topological polar surface area (TPSA) is 94.2 Å². The molecule has 2 amide bonds. The van der Waals surface area contributed by atoms with E-state index in [0.717, 1.165) is 22.3 Å². The fourth-order valence-electron chi connectivity index (χ4n) is 4.24. The van der Waals surface area contributed by atoms with Crippen LogP contribution in [0, 0.1) is 0 Å². The first-order valence-electron chi connectivity index (χ1n) is 12.6. The summed E-state index contributed by atoms with van der Waals surface area (Å²) in [4.78, 5) is 39.3. The predicted molar refractivity (Wildman–Crippen MR) is 151 cm³/mol. The molecule has 0 bridgehead atoms. The summed E-state index contributed by atoms with van der Waals surface area (Å²) in [5, 5.41) is 6.68. The highest BCUT2D eigenvalue weighted by Gasteiger charge is 2.30. The van der Waals surface area contributed by atoms with Crippen LogP contribution in [0.4, 0.5) is 15.3 Å². The number of anilines is 1. The van der Waals surface area contributed by atoms with Crippen LogP contribution in [0.2, 0.25) is 0 Å². The van der Waals surface area contributed by atoms with Crippen LogP contribution in [0.5, 0.6) is 0 Å². The molecule has 1 aromatic heterocycles. The average molecular weight is 549 g/mol. The minimum absolute atomic E-state index is 0.162. The number of hydrogen-bond acceptors (Lipinski definition) is 7. The van der Waals surface area contributed by atoms with Crippen LogP contribution in [0.3, 0.4) is 0 Å². The van der Waals surface area contributed by atoms with Gasteiger partial charge >= 0.3 is 18.2 Å². The summed E-state index contributed by atoms with van der Waals surface area (Å²) in [6.07, 6.45) is 1.60. The SMILES string of the molecule is COC(=O)c1ccc([C@@H]2C=C(c3cscc3NC(=O)OC(C)(C)C)CCN2C(=O)OCc2ccccc2)cc1. The summed E-state index contributed by atoms with van der Waals surface area (Å²) in [7, 11) is 1.33. The molecule has 0 radical (unpaired) electrons. The Bertz CT molecular complexity index is 1340. The Morgan fingerprint density at radius 1 is 1.03 bits per heavy atom. The highest BCUT2D eigenvalue weighted by molar-refractivity contribution is 7.08. The van der Waals surface area contributed by atoms with Gasteiger partial charge in [0, 0.05) is 22.9 Å². The maximum Gasteiger partial charge on any atom is 0.412 e. The average Bonchev–Trinajstić information content (AvgIpc) is 3.38. The molecule has 39 heavy (non-hydrogen) atoms. The van der Waals surface area contributed by atoms with Crippen LogP contribution >= 0.6 is 11.3 Å². The number of carbonyl (C=O) groups is 3. The van der Waals surface area contributed by atoms with E-state index in [2.05, 4.69) is 5.32 Å². The van der Waals surface area contributed by atoms with Crippen LogP contribution in [-0.2, 0) is 20.8 Å². The molecule has 0 unspecified atom stereocenters. The van der Waals surface area contributed by atoms with Crippen molar-refractivity contribution < 1.29 is 28.6 Å². The molecule has 1 N–H and O–H groups in total. The Labute approximate surface area is 232 Å². The van der Waals surface area contributed by atoms with Gasteiger partial charge in [0.05, 0.1) is 24.4 Å². The monoisotopic (exact) mass is 548 g/mol. The molecule has 0 saturated heterocycles. The van der Waals surface area contributed by atoms with Gasteiger partial charge in [-0.15, -0.1) is 11.3 Å². The van der Waals surface area contributed by atoms with E-state index >= 15 is 0 Å². The molecule has 9 heteroatoms. The Balaban J connectivity index is 1.61. The number of methoxy groups -OCH3 is 1. The molecule has 1 aliphatic rings. The third-order valence-corrected chi connectivity index (χ3v) is 6.82. The van der Waals surface area contributed by atoms with E-state index in [0.29, 0.717) is 24.2 Å². The van der Waals surface area contributed by atoms with Crippen molar-refractivity contribution in [1.82, 2.24) is 4.90 Å². The highest BCUT2D eigenvalue weighted by atomic mass is 32.1. The first-order chi connectivity index (χ1) is 18.6. The predicted octanol–water partition coefficient (Wildman–Crippen LogP) is 7.05. The van der Waals surface area contributed by atoms with Gasteiger partial charge in [-0.3, -0.25) is 10.2 Å². The Hall–Kier alpha value is -4.11. The number of hydrogen-bond donors (Lipinski definition) is 1. The number of esters is 1. The summed E-state index contributed by atoms with van der Waals surface area (Å²) in [6.45, 7) is 6.00. The molecule has 8 nitrogen and oxygen atoms in total. The molecule has 0 saturated carbocycles. The lowest BCUT2D eigenvalue weighted by atomic mass is 9.93. The Morgan fingerprint density at radius 3 is 2.41 bits per heavy atom. The van der Waals surface area contributed by atoms with E-state index in [1.165, 1.54) is 18.4 Å². The first-order valence-corrected chi connectivity index (χ1v) is 13.5. The first kappa shape index (κ1) is 27.9. The molecular weight excluding hydrogens is 516 g/mol. The molecule has 0 spiro atoms. The van der Waals surface area contributed by atoms with Crippen LogP contribution in [0.25, 0.3) is 5.57 Å². The summed E-state index contributed by atoms with van der Waals surface area (Å²) in [5.74, 6) is -0.434. The van der Waals surface area contributed by atoms with Crippen molar-refractivity contribution in [3.63, 3.8) is 0 Å². The largest absolute Gasteiger partial charge is 0.465 e. The van der Waals surface area contributed by atoms with Crippen molar-refractivity contribution in [1.29, 1.82) is 0 Å². The molecule has 4 rings (SSSR count). The van der Waals surface area contributed by atoms with Crippen molar-refractivity contribution in [3.8, 4) is 0 Å². The molecule has 0 fully saturated rings. The molecule has 1 aliphatic heterocycles. The van der Waals surface area contributed by atoms with Crippen LogP contribution in [0.15, 0.2) is 71.4 Å². The summed E-state index contributed by atoms with van der Waals surface area (Å²) in [6, 6.07) is 16.0. The van der Waals surface area contributed by atoms with E-state index in [1.54, 1.807) is 29.2 Å². The van der Waals surface area contributed by atoms with Gasteiger partial charge in [0.15, 0.2) is 0 Å². The number of thiophene rings is 1. The van der Waals surface area contributed by atoms with Crippen molar-refractivity contribution in [2.24, 2.45) is 0 Å². The normalized spacial score (nSPS) is 15.2. The van der Waals surface area contributed by atoms with E-state index in [-0.39, 0.29) is 6.61 Å². The molecule has 204 valence electrons. The van der Waals surface area contributed by atoms with Gasteiger partial charge < -0.3 is 14.2 Å². The van der Waals surface area contributed by atoms with Gasteiger partial charge in [-0.1, -0.05) is 48.5 Å². The number of amides is 2. The van der Waals surface area contributed by atoms with Gasteiger partial charge in [0.25, 0.3) is 0 Å². The lowest BCUT2D eigenvalue weighted by molar-refractivity contribution is 0.0597. The smallest absolute Gasteiger partial charge is 0.412 e. The maximum absolute atomic E-state index is 13.2. The Kier molecular flexibility index (Phi) is 8.71. The second kappa shape index (κ2) is 12.2. The lowest BCUT2D eigenvalue weighted by Gasteiger charge is -2.34. The van der Waals surface area contributed by atoms with Gasteiger partial charge in [-0.2, -0.15) is 0 Å². The fourth-order valence-corrected chi connectivity index (χ4v) is 5.05. The van der Waals surface area contributed by atoms with E-state index < -0.39 is 29.8 Å². The van der Waals surface area contributed by atoms with Crippen molar-refractivity contribution in [2.75, 3.05) is 19.0 Å². The van der Waals surface area contributed by atoms with Crippen LogP contribution in [0.1, 0.15) is 60.3 Å². The zero-order chi connectivity index (χ0) is 28.0. The quantitative estimate of drug-likeness (QED) is 0.262. The van der Waals surface area contributed by atoms with Crippen molar-refractivity contribution in [2.45, 2.75) is 45.4 Å². The number of nitrogens with zero attached hydrogens (tertiary/aromatic N) is 1. The number of ether oxygens (including phenoxy) is 3. The number of benzene rings is 2.